The van der Waals surface area contributed by atoms with E-state index in [0.717, 1.165) is 0 Å². The Bertz CT molecular complexity index is 950. The third-order valence-electron chi connectivity index (χ3n) is 4.69. The van der Waals surface area contributed by atoms with Crippen molar-refractivity contribution in [3.8, 4) is 0 Å². The molecule has 31 heavy (non-hydrogen) atoms. The molecule has 1 aliphatic rings. The number of nitrogens with one attached hydrogen (secondary N) is 3. The van der Waals surface area contributed by atoms with Crippen LogP contribution in [0, 0.1) is 0 Å². The number of likely N-dealkylation sites (tertiary alicyclic amines) is 1. The lowest BCUT2D eigenvalue weighted by Gasteiger charge is -2.24. The van der Waals surface area contributed by atoms with Crippen LogP contribution in [-0.2, 0) is 4.79 Å². The van der Waals surface area contributed by atoms with Gasteiger partial charge in [-0.1, -0.05) is 24.3 Å². The van der Waals surface area contributed by atoms with Gasteiger partial charge in [-0.2, -0.15) is 13.2 Å². The van der Waals surface area contributed by atoms with Crippen LogP contribution < -0.4 is 16.0 Å². The molecule has 0 spiro atoms. The Balaban J connectivity index is 1.61. The fourth-order valence-corrected chi connectivity index (χ4v) is 3.25. The third kappa shape index (κ3) is 6.21. The van der Waals surface area contributed by atoms with Gasteiger partial charge in [0.05, 0.1) is 0 Å². The number of carbonyl (C=O) groups is 3. The molecule has 0 saturated carbocycles. The first-order valence-corrected chi connectivity index (χ1v) is 9.61. The van der Waals surface area contributed by atoms with Crippen molar-refractivity contribution in [1.29, 1.82) is 0 Å². The predicted molar refractivity (Wildman–Crippen MR) is 109 cm³/mol. The van der Waals surface area contributed by atoms with Crippen molar-refractivity contribution in [2.45, 2.75) is 25.1 Å². The minimum Gasteiger partial charge on any atom is -0.345 e. The van der Waals surface area contributed by atoms with E-state index in [2.05, 4.69) is 10.6 Å². The first-order chi connectivity index (χ1) is 14.7. The molecule has 1 saturated heterocycles. The van der Waals surface area contributed by atoms with Crippen LogP contribution in [0.2, 0.25) is 0 Å². The molecule has 164 valence electrons. The van der Waals surface area contributed by atoms with Gasteiger partial charge in [0.15, 0.2) is 0 Å². The number of amides is 4. The summed E-state index contributed by atoms with van der Waals surface area (Å²) >= 11 is 0. The first kappa shape index (κ1) is 22.1. The maximum atomic E-state index is 12.6. The van der Waals surface area contributed by atoms with Gasteiger partial charge in [0.25, 0.3) is 5.91 Å². The van der Waals surface area contributed by atoms with Crippen molar-refractivity contribution in [3.63, 3.8) is 0 Å². The lowest BCUT2D eigenvalue weighted by atomic mass is 10.2. The molecule has 0 aromatic heterocycles. The molecular weight excluding hydrogens is 413 g/mol. The Morgan fingerprint density at radius 1 is 0.968 bits per heavy atom. The quantitative estimate of drug-likeness (QED) is 0.672. The molecule has 2 aromatic carbocycles. The highest BCUT2D eigenvalue weighted by Crippen LogP contribution is 2.22. The standard InChI is InChI=1S/C21H21F3N4O3/c22-21(23,24)13-25-19(30)17-10-5-11-28(17)20(31)27-16-9-4-8-15(12-16)26-18(29)14-6-2-1-3-7-14/h1-4,6-9,12,17H,5,10-11,13H2,(H,25,30)(H,26,29)(H,27,31). The Hall–Kier alpha value is -3.56. The molecule has 1 atom stereocenters. The van der Waals surface area contributed by atoms with Gasteiger partial charge in [-0.15, -0.1) is 0 Å². The normalized spacial score (nSPS) is 16.0. The number of halogens is 3. The third-order valence-corrected chi connectivity index (χ3v) is 4.69. The molecule has 3 N–H and O–H groups in total. The van der Waals surface area contributed by atoms with Crippen LogP contribution in [0.25, 0.3) is 0 Å². The fraction of sp³-hybridized carbons (Fsp3) is 0.286. The Labute approximate surface area is 176 Å². The van der Waals surface area contributed by atoms with Crippen LogP contribution in [0.1, 0.15) is 23.2 Å². The number of hydrogen-bond acceptors (Lipinski definition) is 3. The molecule has 0 aliphatic carbocycles. The number of carbonyl (C=O) groups excluding carboxylic acids is 3. The van der Waals surface area contributed by atoms with E-state index in [0.29, 0.717) is 23.4 Å². The topological polar surface area (TPSA) is 90.5 Å². The van der Waals surface area contributed by atoms with Crippen LogP contribution in [0.15, 0.2) is 54.6 Å². The van der Waals surface area contributed by atoms with E-state index in [1.165, 1.54) is 4.90 Å². The molecule has 10 heteroatoms. The lowest BCUT2D eigenvalue weighted by molar-refractivity contribution is -0.140. The minimum atomic E-state index is -4.52. The number of hydrogen-bond donors (Lipinski definition) is 3. The summed E-state index contributed by atoms with van der Waals surface area (Å²) in [5.74, 6) is -1.15. The number of urea groups is 1. The monoisotopic (exact) mass is 434 g/mol. The second kappa shape index (κ2) is 9.50. The predicted octanol–water partition coefficient (Wildman–Crippen LogP) is 3.61. The zero-order chi connectivity index (χ0) is 22.4. The molecule has 7 nitrogen and oxygen atoms in total. The van der Waals surface area contributed by atoms with Gasteiger partial charge in [0, 0.05) is 23.5 Å². The Kier molecular flexibility index (Phi) is 6.78. The highest BCUT2D eigenvalue weighted by molar-refractivity contribution is 6.04. The second-order valence-corrected chi connectivity index (χ2v) is 7.02. The van der Waals surface area contributed by atoms with E-state index in [4.69, 9.17) is 0 Å². The van der Waals surface area contributed by atoms with Crippen LogP contribution in [-0.4, -0.2) is 48.1 Å². The van der Waals surface area contributed by atoms with Crippen molar-refractivity contribution in [2.75, 3.05) is 23.7 Å². The van der Waals surface area contributed by atoms with Crippen LogP contribution in [0.3, 0.4) is 0 Å². The van der Waals surface area contributed by atoms with Gasteiger partial charge in [0.2, 0.25) is 5.91 Å². The smallest absolute Gasteiger partial charge is 0.345 e. The molecular formula is C21H21F3N4O3. The zero-order valence-corrected chi connectivity index (χ0v) is 16.4. The summed E-state index contributed by atoms with van der Waals surface area (Å²) in [6.45, 7) is -1.19. The van der Waals surface area contributed by atoms with Crippen molar-refractivity contribution in [2.24, 2.45) is 0 Å². The van der Waals surface area contributed by atoms with E-state index in [9.17, 15) is 27.6 Å². The largest absolute Gasteiger partial charge is 0.405 e. The van der Waals surface area contributed by atoms with Crippen LogP contribution in [0.4, 0.5) is 29.3 Å². The highest BCUT2D eigenvalue weighted by atomic mass is 19.4. The number of rotatable bonds is 5. The molecule has 1 heterocycles. The highest BCUT2D eigenvalue weighted by Gasteiger charge is 2.36. The van der Waals surface area contributed by atoms with E-state index >= 15 is 0 Å². The molecule has 1 fully saturated rings. The van der Waals surface area contributed by atoms with Gasteiger partial charge < -0.3 is 20.9 Å². The Morgan fingerprint density at radius 2 is 1.65 bits per heavy atom. The van der Waals surface area contributed by atoms with Gasteiger partial charge in [-0.25, -0.2) is 4.79 Å². The summed E-state index contributed by atoms with van der Waals surface area (Å²) < 4.78 is 37.0. The SMILES string of the molecule is O=C(Nc1cccc(NC(=O)N2CCCC2C(=O)NCC(F)(F)F)c1)c1ccccc1. The Morgan fingerprint density at radius 3 is 2.32 bits per heavy atom. The average molecular weight is 434 g/mol. The fourth-order valence-electron chi connectivity index (χ4n) is 3.25. The van der Waals surface area contributed by atoms with Crippen molar-refractivity contribution in [3.05, 3.63) is 60.2 Å². The van der Waals surface area contributed by atoms with E-state index in [-0.39, 0.29) is 18.9 Å². The molecule has 4 amide bonds. The van der Waals surface area contributed by atoms with Crippen molar-refractivity contribution in [1.82, 2.24) is 10.2 Å². The van der Waals surface area contributed by atoms with E-state index < -0.39 is 30.7 Å². The maximum absolute atomic E-state index is 12.6. The van der Waals surface area contributed by atoms with Crippen LogP contribution >= 0.6 is 0 Å². The lowest BCUT2D eigenvalue weighted by Crippen LogP contribution is -2.49. The number of benzene rings is 2. The second-order valence-electron chi connectivity index (χ2n) is 7.02. The van der Waals surface area contributed by atoms with E-state index in [1.54, 1.807) is 54.6 Å². The summed E-state index contributed by atoms with van der Waals surface area (Å²) in [4.78, 5) is 38.2. The number of nitrogens with zero attached hydrogens (tertiary/aromatic N) is 1. The summed E-state index contributed by atoms with van der Waals surface area (Å²) in [5, 5.41) is 7.18. The zero-order valence-electron chi connectivity index (χ0n) is 16.4. The molecule has 3 rings (SSSR count). The summed E-state index contributed by atoms with van der Waals surface area (Å²) in [7, 11) is 0. The minimum absolute atomic E-state index is 0.250. The number of anilines is 2. The summed E-state index contributed by atoms with van der Waals surface area (Å²) in [6, 6.07) is 13.5. The van der Waals surface area contributed by atoms with Gasteiger partial charge >= 0.3 is 12.2 Å². The van der Waals surface area contributed by atoms with Gasteiger partial charge in [-0.3, -0.25) is 9.59 Å². The summed E-state index contributed by atoms with van der Waals surface area (Å²) in [6.07, 6.45) is -3.74. The van der Waals surface area contributed by atoms with Crippen molar-refractivity contribution < 1.29 is 27.6 Å². The molecule has 1 unspecified atom stereocenters. The molecule has 0 radical (unpaired) electrons. The molecule has 0 bridgehead atoms. The molecule has 1 aliphatic heterocycles. The van der Waals surface area contributed by atoms with Gasteiger partial charge in [0.1, 0.15) is 12.6 Å². The van der Waals surface area contributed by atoms with Crippen molar-refractivity contribution >= 4 is 29.2 Å². The maximum Gasteiger partial charge on any atom is 0.405 e. The van der Waals surface area contributed by atoms with Crippen LogP contribution in [0.5, 0.6) is 0 Å². The molecule has 2 aromatic rings. The summed E-state index contributed by atoms with van der Waals surface area (Å²) in [5.41, 5.74) is 1.30. The van der Waals surface area contributed by atoms with Gasteiger partial charge in [-0.05, 0) is 43.2 Å². The first-order valence-electron chi connectivity index (χ1n) is 9.61. The number of alkyl halides is 3. The average Bonchev–Trinajstić information content (AvgIpc) is 3.22. The van der Waals surface area contributed by atoms with E-state index in [1.807, 2.05) is 5.32 Å².